The Bertz CT molecular complexity index is 1270. The van der Waals surface area contributed by atoms with Crippen LogP contribution < -0.4 is 25.2 Å². The lowest BCUT2D eigenvalue weighted by Gasteiger charge is -2.42. The van der Waals surface area contributed by atoms with E-state index in [4.69, 9.17) is 9.72 Å². The van der Waals surface area contributed by atoms with Crippen molar-refractivity contribution in [2.24, 2.45) is 17.8 Å². The molecular weight excluding hydrogens is 506 g/mol. The zero-order chi connectivity index (χ0) is 28.0. The van der Waals surface area contributed by atoms with Crippen molar-refractivity contribution in [3.8, 4) is 5.75 Å². The molecule has 1 saturated heterocycles. The van der Waals surface area contributed by atoms with Crippen LogP contribution in [0.4, 0.5) is 23.1 Å². The highest BCUT2D eigenvalue weighted by Crippen LogP contribution is 2.41. The summed E-state index contributed by atoms with van der Waals surface area (Å²) >= 11 is 0. The molecule has 0 radical (unpaired) electrons. The number of likely N-dealkylation sites (tertiary alicyclic amines) is 1. The molecule has 40 heavy (non-hydrogen) atoms. The third kappa shape index (κ3) is 4.98. The summed E-state index contributed by atoms with van der Waals surface area (Å²) in [5.41, 5.74) is 1.96. The zero-order valence-corrected chi connectivity index (χ0v) is 24.0. The Labute approximate surface area is 236 Å². The number of methoxy groups -OCH3 is 1. The molecule has 10 nitrogen and oxygen atoms in total. The van der Waals surface area contributed by atoms with Gasteiger partial charge in [-0.3, -0.25) is 9.59 Å². The largest absolute Gasteiger partial charge is 0.495 e. The average Bonchev–Trinajstić information content (AvgIpc) is 3.68. The SMILES string of the molecule is COc1cc(C(=O)NCC2CC3CN(C)CC3C2)ccc1Nc1ncc2c(n1)N(C1CCCC1)C(C)C(=O)N2C. The van der Waals surface area contributed by atoms with Crippen LogP contribution in [0.3, 0.4) is 0 Å². The number of nitrogens with zero attached hydrogens (tertiary/aromatic N) is 5. The van der Waals surface area contributed by atoms with E-state index in [1.165, 1.54) is 38.8 Å². The van der Waals surface area contributed by atoms with Crippen molar-refractivity contribution >= 4 is 35.0 Å². The molecule has 2 saturated carbocycles. The fraction of sp³-hybridized carbons (Fsp3) is 0.600. The van der Waals surface area contributed by atoms with E-state index < -0.39 is 0 Å². The van der Waals surface area contributed by atoms with Crippen LogP contribution in [0.25, 0.3) is 0 Å². The van der Waals surface area contributed by atoms with Crippen LogP contribution in [0.15, 0.2) is 24.4 Å². The number of hydrogen-bond donors (Lipinski definition) is 2. The number of carbonyl (C=O) groups excluding carboxylic acids is 2. The molecule has 2 aromatic rings. The summed E-state index contributed by atoms with van der Waals surface area (Å²) in [6.45, 7) is 5.04. The molecule has 2 aliphatic carbocycles. The van der Waals surface area contributed by atoms with Gasteiger partial charge in [-0.2, -0.15) is 4.98 Å². The molecule has 3 atom stereocenters. The van der Waals surface area contributed by atoms with Gasteiger partial charge in [0.15, 0.2) is 5.82 Å². The van der Waals surface area contributed by atoms with Crippen LogP contribution in [0.1, 0.15) is 55.8 Å². The molecule has 3 heterocycles. The van der Waals surface area contributed by atoms with Crippen molar-refractivity contribution in [1.29, 1.82) is 0 Å². The number of nitrogens with one attached hydrogen (secondary N) is 2. The van der Waals surface area contributed by atoms with E-state index in [9.17, 15) is 9.59 Å². The molecule has 0 bridgehead atoms. The number of rotatable bonds is 7. The number of anilines is 4. The van der Waals surface area contributed by atoms with Crippen molar-refractivity contribution in [2.75, 3.05) is 56.0 Å². The summed E-state index contributed by atoms with van der Waals surface area (Å²) in [4.78, 5) is 41.6. The summed E-state index contributed by atoms with van der Waals surface area (Å²) in [5, 5.41) is 6.43. The van der Waals surface area contributed by atoms with E-state index in [1.807, 2.05) is 13.0 Å². The van der Waals surface area contributed by atoms with E-state index in [0.29, 0.717) is 41.5 Å². The second-order valence-electron chi connectivity index (χ2n) is 12.2. The van der Waals surface area contributed by atoms with Crippen molar-refractivity contribution in [3.63, 3.8) is 0 Å². The van der Waals surface area contributed by atoms with Crippen LogP contribution in [-0.4, -0.2) is 79.6 Å². The maximum absolute atomic E-state index is 13.0. The van der Waals surface area contributed by atoms with Gasteiger partial charge in [0.1, 0.15) is 17.5 Å². The maximum Gasteiger partial charge on any atom is 0.251 e. The van der Waals surface area contributed by atoms with E-state index >= 15 is 0 Å². The van der Waals surface area contributed by atoms with Crippen LogP contribution >= 0.6 is 0 Å². The first-order valence-electron chi connectivity index (χ1n) is 14.7. The minimum atomic E-state index is -0.277. The smallest absolute Gasteiger partial charge is 0.251 e. The first-order chi connectivity index (χ1) is 19.3. The summed E-state index contributed by atoms with van der Waals surface area (Å²) in [7, 11) is 5.57. The van der Waals surface area contributed by atoms with Crippen LogP contribution in [0.5, 0.6) is 5.75 Å². The lowest BCUT2D eigenvalue weighted by Crippen LogP contribution is -2.54. The molecule has 10 heteroatoms. The number of ether oxygens (including phenoxy) is 1. The number of fused-ring (bicyclic) bond motifs is 2. The third-order valence-electron chi connectivity index (χ3n) is 9.47. The van der Waals surface area contributed by atoms with Gasteiger partial charge < -0.3 is 30.1 Å². The average molecular weight is 548 g/mol. The van der Waals surface area contributed by atoms with Gasteiger partial charge in [-0.05, 0) is 75.6 Å². The summed E-state index contributed by atoms with van der Waals surface area (Å²) < 4.78 is 5.64. The standard InChI is InChI=1S/C30H41N7O3/c1-18-29(39)36(3)25-15-32-30(34-27(25)37(18)23-7-5-6-8-23)33-24-10-9-20(13-26(24)40-4)28(38)31-14-19-11-21-16-35(2)17-22(21)12-19/h9-10,13,15,18-19,21-23H,5-8,11-12,14,16-17H2,1-4H3,(H,31,38)(H,32,33,34). The van der Waals surface area contributed by atoms with Crippen molar-refractivity contribution in [3.05, 3.63) is 30.0 Å². The predicted octanol–water partition coefficient (Wildman–Crippen LogP) is 3.66. The zero-order valence-electron chi connectivity index (χ0n) is 24.0. The van der Waals surface area contributed by atoms with Crippen LogP contribution in [0, 0.1) is 17.8 Å². The second-order valence-corrected chi connectivity index (χ2v) is 12.2. The highest BCUT2D eigenvalue weighted by atomic mass is 16.5. The number of amides is 2. The minimum Gasteiger partial charge on any atom is -0.495 e. The first-order valence-corrected chi connectivity index (χ1v) is 14.7. The molecule has 3 unspecified atom stereocenters. The van der Waals surface area contributed by atoms with Gasteiger partial charge in [-0.1, -0.05) is 12.8 Å². The monoisotopic (exact) mass is 547 g/mol. The molecule has 3 fully saturated rings. The fourth-order valence-electron chi connectivity index (χ4n) is 7.45. The molecule has 2 N–H and O–H groups in total. The molecule has 4 aliphatic rings. The highest BCUT2D eigenvalue weighted by Gasteiger charge is 2.40. The molecule has 2 aliphatic heterocycles. The molecule has 6 rings (SSSR count). The van der Waals surface area contributed by atoms with Crippen molar-refractivity contribution in [1.82, 2.24) is 20.2 Å². The van der Waals surface area contributed by atoms with E-state index in [1.54, 1.807) is 37.4 Å². The van der Waals surface area contributed by atoms with Crippen molar-refractivity contribution < 1.29 is 14.3 Å². The lowest BCUT2D eigenvalue weighted by atomic mass is 10.0. The number of benzene rings is 1. The van der Waals surface area contributed by atoms with E-state index in [0.717, 1.165) is 36.2 Å². The first kappa shape index (κ1) is 26.8. The van der Waals surface area contributed by atoms with Gasteiger partial charge in [-0.25, -0.2) is 4.98 Å². The van der Waals surface area contributed by atoms with Gasteiger partial charge in [0, 0.05) is 38.3 Å². The Balaban J connectivity index is 1.15. The van der Waals surface area contributed by atoms with Crippen molar-refractivity contribution in [2.45, 2.75) is 57.5 Å². The molecule has 1 aromatic carbocycles. The molecule has 1 aromatic heterocycles. The topological polar surface area (TPSA) is 103 Å². The number of aromatic nitrogens is 2. The van der Waals surface area contributed by atoms with E-state index in [2.05, 4.69) is 32.5 Å². The van der Waals surface area contributed by atoms with E-state index in [-0.39, 0.29) is 17.9 Å². The Hall–Kier alpha value is -3.40. The maximum atomic E-state index is 13.0. The molecular formula is C30H41N7O3. The Morgan fingerprint density at radius 2 is 1.85 bits per heavy atom. The lowest BCUT2D eigenvalue weighted by molar-refractivity contribution is -0.119. The van der Waals surface area contributed by atoms with Gasteiger partial charge in [-0.15, -0.1) is 0 Å². The summed E-state index contributed by atoms with van der Waals surface area (Å²) in [5.74, 6) is 3.81. The third-order valence-corrected chi connectivity index (χ3v) is 9.47. The van der Waals surface area contributed by atoms with Gasteiger partial charge >= 0.3 is 0 Å². The number of likely N-dealkylation sites (N-methyl/N-ethyl adjacent to an activating group) is 1. The summed E-state index contributed by atoms with van der Waals surface area (Å²) in [6, 6.07) is 5.41. The van der Waals surface area contributed by atoms with Gasteiger partial charge in [0.2, 0.25) is 11.9 Å². The Morgan fingerprint density at radius 3 is 2.55 bits per heavy atom. The van der Waals surface area contributed by atoms with Gasteiger partial charge in [0.05, 0.1) is 19.0 Å². The predicted molar refractivity (Wildman–Crippen MR) is 155 cm³/mol. The van der Waals surface area contributed by atoms with Gasteiger partial charge in [0.25, 0.3) is 5.91 Å². The normalized spacial score (nSPS) is 26.6. The highest BCUT2D eigenvalue weighted by molar-refractivity contribution is 6.04. The Kier molecular flexibility index (Phi) is 7.29. The minimum absolute atomic E-state index is 0.0580. The quantitative estimate of drug-likeness (QED) is 0.542. The molecule has 0 spiro atoms. The summed E-state index contributed by atoms with van der Waals surface area (Å²) in [6.07, 6.45) is 8.56. The van der Waals surface area contributed by atoms with Crippen LogP contribution in [-0.2, 0) is 4.79 Å². The number of hydrogen-bond acceptors (Lipinski definition) is 8. The molecule has 2 amide bonds. The number of carbonyl (C=O) groups is 2. The molecule has 214 valence electrons. The fourth-order valence-corrected chi connectivity index (χ4v) is 7.45. The second kappa shape index (κ2) is 10.9. The van der Waals surface area contributed by atoms with Crippen LogP contribution in [0.2, 0.25) is 0 Å². The Morgan fingerprint density at radius 1 is 1.12 bits per heavy atom.